The number of halogens is 4. The van der Waals surface area contributed by atoms with Gasteiger partial charge in [0.05, 0.1) is 22.6 Å². The van der Waals surface area contributed by atoms with Crippen LogP contribution in [0.5, 0.6) is 0 Å². The van der Waals surface area contributed by atoms with E-state index in [4.69, 9.17) is 0 Å². The Balaban J connectivity index is 1.93. The predicted molar refractivity (Wildman–Crippen MR) is 115 cm³/mol. The maximum Gasteiger partial charge on any atom is 0.417 e. The Morgan fingerprint density at radius 1 is 1.12 bits per heavy atom. The molecule has 4 nitrogen and oxygen atoms in total. The maximum absolute atomic E-state index is 13.6. The molecule has 0 aliphatic rings. The number of anilines is 1. The van der Waals surface area contributed by atoms with Crippen LogP contribution < -0.4 is 5.32 Å². The summed E-state index contributed by atoms with van der Waals surface area (Å²) in [5.41, 5.74) is 0.730. The van der Waals surface area contributed by atoms with Gasteiger partial charge in [-0.15, -0.1) is 0 Å². The molecule has 0 atom stereocenters. The van der Waals surface area contributed by atoms with E-state index in [0.717, 1.165) is 41.1 Å². The molecule has 0 saturated carbocycles. The van der Waals surface area contributed by atoms with Crippen molar-refractivity contribution in [1.82, 2.24) is 4.98 Å². The lowest BCUT2D eigenvalue weighted by atomic mass is 10.1. The van der Waals surface area contributed by atoms with Gasteiger partial charge in [0.2, 0.25) is 5.91 Å². The van der Waals surface area contributed by atoms with Crippen molar-refractivity contribution in [2.75, 3.05) is 11.1 Å². The molecule has 0 spiro atoms. The fourth-order valence-electron chi connectivity index (χ4n) is 2.92. The van der Waals surface area contributed by atoms with E-state index in [0.29, 0.717) is 5.69 Å². The van der Waals surface area contributed by atoms with Gasteiger partial charge in [-0.1, -0.05) is 23.9 Å². The van der Waals surface area contributed by atoms with Gasteiger partial charge in [0.1, 0.15) is 16.9 Å². The average molecular weight is 459 g/mol. The van der Waals surface area contributed by atoms with Crippen LogP contribution in [0, 0.1) is 31.0 Å². The van der Waals surface area contributed by atoms with Crippen LogP contribution in [0.3, 0.4) is 0 Å². The number of aromatic nitrogens is 1. The van der Waals surface area contributed by atoms with E-state index >= 15 is 0 Å². The van der Waals surface area contributed by atoms with E-state index in [1.54, 1.807) is 12.1 Å². The maximum atomic E-state index is 13.6. The SMILES string of the molecule is Cc1ccc(C)c(NC(=O)CSc2nc(-c3ccc(F)cc3)cc(C(F)(F)F)c2C#N)c1. The molecule has 164 valence electrons. The largest absolute Gasteiger partial charge is 0.417 e. The normalized spacial score (nSPS) is 11.2. The summed E-state index contributed by atoms with van der Waals surface area (Å²) in [6, 6.07) is 12.6. The number of alkyl halides is 3. The summed E-state index contributed by atoms with van der Waals surface area (Å²) in [4.78, 5) is 16.6. The van der Waals surface area contributed by atoms with E-state index in [1.165, 1.54) is 12.1 Å². The second-order valence-corrected chi connectivity index (χ2v) is 7.97. The van der Waals surface area contributed by atoms with Crippen LogP contribution in [-0.2, 0) is 11.0 Å². The molecule has 0 fully saturated rings. The number of nitrogens with one attached hydrogen (secondary N) is 1. The standard InChI is InChI=1S/C23H17F4N3OS/c1-13-3-4-14(2)19(9-13)29-21(31)12-32-22-17(11-28)18(23(25,26)27)10-20(30-22)15-5-7-16(24)8-6-15/h3-10H,12H2,1-2H3,(H,29,31). The number of thioether (sulfide) groups is 1. The number of pyridine rings is 1. The smallest absolute Gasteiger partial charge is 0.325 e. The van der Waals surface area contributed by atoms with E-state index in [1.807, 2.05) is 26.0 Å². The third-order valence-electron chi connectivity index (χ3n) is 4.55. The third-order valence-corrected chi connectivity index (χ3v) is 5.53. The highest BCUT2D eigenvalue weighted by atomic mass is 32.2. The van der Waals surface area contributed by atoms with Crippen molar-refractivity contribution in [3.05, 3.63) is 76.6 Å². The molecule has 0 unspecified atom stereocenters. The molecule has 1 amide bonds. The molecule has 3 rings (SSSR count). The first-order chi connectivity index (χ1) is 15.1. The zero-order valence-electron chi connectivity index (χ0n) is 17.0. The summed E-state index contributed by atoms with van der Waals surface area (Å²) in [7, 11) is 0. The van der Waals surface area contributed by atoms with Gasteiger partial charge in [0.25, 0.3) is 0 Å². The minimum Gasteiger partial charge on any atom is -0.325 e. The van der Waals surface area contributed by atoms with Gasteiger partial charge in [0.15, 0.2) is 0 Å². The Kier molecular flexibility index (Phi) is 6.84. The third kappa shape index (κ3) is 5.45. The van der Waals surface area contributed by atoms with Gasteiger partial charge < -0.3 is 5.32 Å². The van der Waals surface area contributed by atoms with Gasteiger partial charge in [0, 0.05) is 11.3 Å². The first kappa shape index (κ1) is 23.3. The van der Waals surface area contributed by atoms with Gasteiger partial charge in [-0.05, 0) is 61.4 Å². The molecule has 3 aromatic rings. The Bertz CT molecular complexity index is 1200. The molecule has 1 N–H and O–H groups in total. The summed E-state index contributed by atoms with van der Waals surface area (Å²) >= 11 is 0.732. The number of hydrogen-bond acceptors (Lipinski definition) is 4. The van der Waals surface area contributed by atoms with Crippen LogP contribution in [0.25, 0.3) is 11.3 Å². The van der Waals surface area contributed by atoms with Crippen LogP contribution in [0.1, 0.15) is 22.3 Å². The lowest BCUT2D eigenvalue weighted by Crippen LogP contribution is -2.16. The molecular formula is C23H17F4N3OS. The fourth-order valence-corrected chi connectivity index (χ4v) is 3.72. The highest BCUT2D eigenvalue weighted by Gasteiger charge is 2.36. The number of nitrogens with zero attached hydrogens (tertiary/aromatic N) is 2. The molecule has 32 heavy (non-hydrogen) atoms. The van der Waals surface area contributed by atoms with Crippen molar-refractivity contribution in [2.24, 2.45) is 0 Å². The molecule has 2 aromatic carbocycles. The molecule has 0 saturated heterocycles. The quantitative estimate of drug-likeness (QED) is 0.368. The first-order valence-electron chi connectivity index (χ1n) is 9.36. The Morgan fingerprint density at radius 3 is 2.44 bits per heavy atom. The van der Waals surface area contributed by atoms with Crippen LogP contribution in [-0.4, -0.2) is 16.6 Å². The lowest BCUT2D eigenvalue weighted by Gasteiger charge is -2.14. The number of nitriles is 1. The van der Waals surface area contributed by atoms with Crippen molar-refractivity contribution in [1.29, 1.82) is 5.26 Å². The highest BCUT2D eigenvalue weighted by molar-refractivity contribution is 8.00. The number of carbonyl (C=O) groups excluding carboxylic acids is 1. The van der Waals surface area contributed by atoms with Crippen molar-refractivity contribution in [2.45, 2.75) is 25.0 Å². The number of amides is 1. The summed E-state index contributed by atoms with van der Waals surface area (Å²) in [5.74, 6) is -1.24. The van der Waals surface area contributed by atoms with Crippen molar-refractivity contribution >= 4 is 23.4 Å². The molecule has 0 aliphatic carbocycles. The van der Waals surface area contributed by atoms with E-state index < -0.39 is 29.0 Å². The molecular weight excluding hydrogens is 442 g/mol. The molecule has 1 aromatic heterocycles. The number of rotatable bonds is 5. The monoisotopic (exact) mass is 459 g/mol. The van der Waals surface area contributed by atoms with E-state index in [2.05, 4.69) is 10.3 Å². The van der Waals surface area contributed by atoms with Crippen molar-refractivity contribution < 1.29 is 22.4 Å². The zero-order valence-corrected chi connectivity index (χ0v) is 17.9. The Labute approximate surface area is 186 Å². The summed E-state index contributed by atoms with van der Waals surface area (Å²) in [5, 5.41) is 11.9. The second-order valence-electron chi connectivity index (χ2n) is 7.01. The van der Waals surface area contributed by atoms with Crippen LogP contribution in [0.2, 0.25) is 0 Å². The van der Waals surface area contributed by atoms with Gasteiger partial charge in [-0.3, -0.25) is 4.79 Å². The van der Waals surface area contributed by atoms with Crippen LogP contribution in [0.4, 0.5) is 23.2 Å². The van der Waals surface area contributed by atoms with Crippen molar-refractivity contribution in [3.8, 4) is 17.3 Å². The number of benzene rings is 2. The minimum atomic E-state index is -4.81. The van der Waals surface area contributed by atoms with Crippen molar-refractivity contribution in [3.63, 3.8) is 0 Å². The topological polar surface area (TPSA) is 65.8 Å². The zero-order chi connectivity index (χ0) is 23.5. The summed E-state index contributed by atoms with van der Waals surface area (Å²) in [6.45, 7) is 3.69. The van der Waals surface area contributed by atoms with Gasteiger partial charge in [-0.2, -0.15) is 18.4 Å². The molecule has 0 radical (unpaired) electrons. The van der Waals surface area contributed by atoms with Crippen LogP contribution in [0.15, 0.2) is 53.6 Å². The second kappa shape index (κ2) is 9.40. The van der Waals surface area contributed by atoms with Crippen LogP contribution >= 0.6 is 11.8 Å². The minimum absolute atomic E-state index is 0.0752. The Morgan fingerprint density at radius 2 is 1.81 bits per heavy atom. The summed E-state index contributed by atoms with van der Waals surface area (Å²) < 4.78 is 54.1. The predicted octanol–water partition coefficient (Wildman–Crippen LogP) is 6.13. The average Bonchev–Trinajstić information content (AvgIpc) is 2.74. The number of carbonyl (C=O) groups is 1. The van der Waals surface area contributed by atoms with Gasteiger partial charge in [-0.25, -0.2) is 9.37 Å². The number of aryl methyl sites for hydroxylation is 2. The van der Waals surface area contributed by atoms with E-state index in [9.17, 15) is 27.6 Å². The highest BCUT2D eigenvalue weighted by Crippen LogP contribution is 2.38. The fraction of sp³-hybridized carbons (Fsp3) is 0.174. The molecule has 1 heterocycles. The number of hydrogen-bond donors (Lipinski definition) is 1. The molecule has 0 aliphatic heterocycles. The van der Waals surface area contributed by atoms with Gasteiger partial charge >= 0.3 is 6.18 Å². The first-order valence-corrected chi connectivity index (χ1v) is 10.3. The van der Waals surface area contributed by atoms with E-state index in [-0.39, 0.29) is 22.0 Å². The lowest BCUT2D eigenvalue weighted by molar-refractivity contribution is -0.138. The molecule has 0 bridgehead atoms. The molecule has 9 heteroatoms. The summed E-state index contributed by atoms with van der Waals surface area (Å²) in [6.07, 6.45) is -4.81. The Hall–Kier alpha value is -3.38.